The van der Waals surface area contributed by atoms with Crippen molar-refractivity contribution in [1.29, 1.82) is 0 Å². The lowest BCUT2D eigenvalue weighted by molar-refractivity contribution is 0.102. The lowest BCUT2D eigenvalue weighted by Crippen LogP contribution is -2.14. The number of nitrogens with zero attached hydrogens (tertiary/aromatic N) is 1. The smallest absolute Gasteiger partial charge is 0.265 e. The Morgan fingerprint density at radius 2 is 1.75 bits per heavy atom. The third kappa shape index (κ3) is 4.51. The van der Waals surface area contributed by atoms with E-state index in [0.29, 0.717) is 32.3 Å². The van der Waals surface area contributed by atoms with E-state index in [1.54, 1.807) is 48.5 Å². The molecule has 0 aliphatic rings. The van der Waals surface area contributed by atoms with Crippen LogP contribution in [0.2, 0.25) is 0 Å². The van der Waals surface area contributed by atoms with Crippen molar-refractivity contribution >= 4 is 48.3 Å². The molecule has 1 aromatic heterocycles. The average Bonchev–Trinajstić information content (AvgIpc) is 3.20. The maximum absolute atomic E-state index is 13.0. The molecule has 0 unspecified atom stereocenters. The van der Waals surface area contributed by atoms with Crippen molar-refractivity contribution in [3.8, 4) is 11.5 Å². The molecule has 0 aliphatic heterocycles. The van der Waals surface area contributed by atoms with Crippen molar-refractivity contribution in [3.63, 3.8) is 0 Å². The van der Waals surface area contributed by atoms with E-state index in [1.165, 1.54) is 37.7 Å². The Kier molecular flexibility index (Phi) is 5.97. The number of nitrogens with one attached hydrogen (secondary N) is 2. The normalized spacial score (nSPS) is 11.2. The van der Waals surface area contributed by atoms with Gasteiger partial charge in [-0.3, -0.25) is 14.8 Å². The number of aromatic nitrogens is 1. The second kappa shape index (κ2) is 8.85. The highest BCUT2D eigenvalue weighted by Crippen LogP contribution is 2.32. The molecule has 2 N–H and O–H groups in total. The number of benzene rings is 3. The second-order valence-corrected chi connectivity index (χ2v) is 9.33. The number of fused-ring (bicyclic) bond motifs is 1. The molecule has 32 heavy (non-hydrogen) atoms. The lowest BCUT2D eigenvalue weighted by Gasteiger charge is -2.12. The van der Waals surface area contributed by atoms with E-state index in [2.05, 4.69) is 15.0 Å². The number of carbonyl (C=O) groups excluding carboxylic acids is 1. The fraction of sp³-hybridized carbons (Fsp3) is 0.0909. The van der Waals surface area contributed by atoms with Crippen molar-refractivity contribution in [1.82, 2.24) is 4.98 Å². The van der Waals surface area contributed by atoms with Crippen LogP contribution in [0.4, 0.5) is 10.8 Å². The van der Waals surface area contributed by atoms with Crippen molar-refractivity contribution in [2.45, 2.75) is 4.90 Å². The SMILES string of the molecule is COc1ccc(OC)c(S(=O)(=O)Nc2ccc3nc(NC(=O)c4ccccc4)sc3c2)c1. The quantitative estimate of drug-likeness (QED) is 0.416. The molecule has 0 fully saturated rings. The summed E-state index contributed by atoms with van der Waals surface area (Å²) in [5, 5.41) is 3.19. The number of ether oxygens (including phenoxy) is 2. The fourth-order valence-corrected chi connectivity index (χ4v) is 5.14. The summed E-state index contributed by atoms with van der Waals surface area (Å²) in [5.74, 6) is 0.321. The van der Waals surface area contributed by atoms with Crippen molar-refractivity contribution in [3.05, 3.63) is 72.3 Å². The van der Waals surface area contributed by atoms with E-state index in [4.69, 9.17) is 9.47 Å². The van der Waals surface area contributed by atoms with Gasteiger partial charge in [-0.05, 0) is 42.5 Å². The van der Waals surface area contributed by atoms with Crippen LogP contribution in [0.25, 0.3) is 10.2 Å². The highest BCUT2D eigenvalue weighted by atomic mass is 32.2. The van der Waals surface area contributed by atoms with Crippen molar-refractivity contribution in [2.75, 3.05) is 24.3 Å². The van der Waals surface area contributed by atoms with Crippen LogP contribution in [0.1, 0.15) is 10.4 Å². The van der Waals surface area contributed by atoms with Gasteiger partial charge in [-0.15, -0.1) is 0 Å². The highest BCUT2D eigenvalue weighted by Gasteiger charge is 2.21. The Labute approximate surface area is 188 Å². The van der Waals surface area contributed by atoms with Crippen LogP contribution in [0.3, 0.4) is 0 Å². The van der Waals surface area contributed by atoms with Gasteiger partial charge in [0.05, 0.1) is 30.1 Å². The molecule has 0 spiro atoms. The van der Waals surface area contributed by atoms with Gasteiger partial charge in [0.1, 0.15) is 16.4 Å². The number of carbonyl (C=O) groups is 1. The molecule has 10 heteroatoms. The van der Waals surface area contributed by atoms with Crippen molar-refractivity contribution in [2.24, 2.45) is 0 Å². The fourth-order valence-electron chi connectivity index (χ4n) is 3.00. The molecule has 164 valence electrons. The minimum absolute atomic E-state index is 0.0421. The molecular formula is C22H19N3O5S2. The molecule has 0 aliphatic carbocycles. The minimum Gasteiger partial charge on any atom is -0.497 e. The number of rotatable bonds is 7. The van der Waals surface area contributed by atoms with E-state index in [-0.39, 0.29) is 16.6 Å². The highest BCUT2D eigenvalue weighted by molar-refractivity contribution is 7.92. The Morgan fingerprint density at radius 3 is 2.47 bits per heavy atom. The Bertz CT molecular complexity index is 1390. The Hall–Kier alpha value is -3.63. The molecule has 1 heterocycles. The van der Waals surface area contributed by atoms with Gasteiger partial charge in [0.25, 0.3) is 15.9 Å². The van der Waals surface area contributed by atoms with E-state index < -0.39 is 10.0 Å². The van der Waals surface area contributed by atoms with E-state index in [9.17, 15) is 13.2 Å². The standard InChI is InChI=1S/C22H19N3O5S2/c1-29-16-9-11-18(30-2)20(13-16)32(27,28)25-15-8-10-17-19(12-15)31-22(23-17)24-21(26)14-6-4-3-5-7-14/h3-13,25H,1-2H3,(H,23,24,26). The summed E-state index contributed by atoms with van der Waals surface area (Å²) in [4.78, 5) is 16.7. The summed E-state index contributed by atoms with van der Waals surface area (Å²) in [6, 6.07) is 18.3. The van der Waals surface area contributed by atoms with Gasteiger partial charge in [0.15, 0.2) is 5.13 Å². The maximum atomic E-state index is 13.0. The molecule has 0 bridgehead atoms. The lowest BCUT2D eigenvalue weighted by atomic mass is 10.2. The van der Waals surface area contributed by atoms with Gasteiger partial charge in [-0.1, -0.05) is 29.5 Å². The first-order valence-electron chi connectivity index (χ1n) is 9.41. The minimum atomic E-state index is -3.95. The first-order valence-corrected chi connectivity index (χ1v) is 11.7. The molecular weight excluding hydrogens is 450 g/mol. The number of sulfonamides is 1. The summed E-state index contributed by atoms with van der Waals surface area (Å²) in [6.45, 7) is 0. The zero-order valence-electron chi connectivity index (χ0n) is 17.2. The zero-order chi connectivity index (χ0) is 22.7. The zero-order valence-corrected chi connectivity index (χ0v) is 18.8. The summed E-state index contributed by atoms with van der Waals surface area (Å²) in [7, 11) is -1.09. The van der Waals surface area contributed by atoms with Gasteiger partial charge in [-0.2, -0.15) is 0 Å². The third-order valence-electron chi connectivity index (χ3n) is 4.56. The summed E-state index contributed by atoms with van der Waals surface area (Å²) in [5.41, 5.74) is 1.51. The van der Waals surface area contributed by atoms with Gasteiger partial charge >= 0.3 is 0 Å². The van der Waals surface area contributed by atoms with Gasteiger partial charge in [0, 0.05) is 11.6 Å². The van der Waals surface area contributed by atoms with Crippen molar-refractivity contribution < 1.29 is 22.7 Å². The molecule has 3 aromatic carbocycles. The predicted molar refractivity (Wildman–Crippen MR) is 124 cm³/mol. The largest absolute Gasteiger partial charge is 0.497 e. The van der Waals surface area contributed by atoms with Gasteiger partial charge in [0.2, 0.25) is 0 Å². The topological polar surface area (TPSA) is 107 Å². The molecule has 0 saturated heterocycles. The Balaban J connectivity index is 1.59. The van der Waals surface area contributed by atoms with Crippen LogP contribution in [0, 0.1) is 0 Å². The van der Waals surface area contributed by atoms with Crippen LogP contribution in [0.15, 0.2) is 71.6 Å². The summed E-state index contributed by atoms with van der Waals surface area (Å²) >= 11 is 1.25. The van der Waals surface area contributed by atoms with Crippen LogP contribution in [-0.2, 0) is 10.0 Å². The molecule has 8 nitrogen and oxygen atoms in total. The number of anilines is 2. The van der Waals surface area contributed by atoms with Gasteiger partial charge < -0.3 is 9.47 Å². The third-order valence-corrected chi connectivity index (χ3v) is 6.89. The number of methoxy groups -OCH3 is 2. The number of amides is 1. The van der Waals surface area contributed by atoms with Crippen LogP contribution in [0.5, 0.6) is 11.5 Å². The first kappa shape index (κ1) is 21.6. The van der Waals surface area contributed by atoms with Crippen LogP contribution < -0.4 is 19.5 Å². The number of thiazole rings is 1. The summed E-state index contributed by atoms with van der Waals surface area (Å²) < 4.78 is 39.6. The second-order valence-electron chi connectivity index (χ2n) is 6.64. The number of hydrogen-bond donors (Lipinski definition) is 2. The van der Waals surface area contributed by atoms with E-state index in [0.717, 1.165) is 0 Å². The Morgan fingerprint density at radius 1 is 0.969 bits per heavy atom. The average molecular weight is 470 g/mol. The molecule has 0 saturated carbocycles. The monoisotopic (exact) mass is 469 g/mol. The molecule has 4 aromatic rings. The molecule has 0 atom stereocenters. The summed E-state index contributed by atoms with van der Waals surface area (Å²) in [6.07, 6.45) is 0. The number of hydrogen-bond acceptors (Lipinski definition) is 7. The van der Waals surface area contributed by atoms with Gasteiger partial charge in [-0.25, -0.2) is 13.4 Å². The molecule has 1 amide bonds. The predicted octanol–water partition coefficient (Wildman–Crippen LogP) is 4.37. The first-order chi connectivity index (χ1) is 15.4. The van der Waals surface area contributed by atoms with Crippen LogP contribution >= 0.6 is 11.3 Å². The molecule has 4 rings (SSSR count). The van der Waals surface area contributed by atoms with E-state index in [1.807, 2.05) is 6.07 Å². The van der Waals surface area contributed by atoms with E-state index >= 15 is 0 Å². The molecule has 0 radical (unpaired) electrons. The maximum Gasteiger partial charge on any atom is 0.265 e. The van der Waals surface area contributed by atoms with Crippen LogP contribution in [-0.4, -0.2) is 33.5 Å².